The molecule has 1 atom stereocenters. The fraction of sp³-hybridized carbons (Fsp3) is 0.167. The first-order chi connectivity index (χ1) is 25.2. The van der Waals surface area contributed by atoms with Gasteiger partial charge in [-0.1, -0.05) is 126 Å². The van der Waals surface area contributed by atoms with Crippen LogP contribution in [0.3, 0.4) is 0 Å². The Balaban J connectivity index is 1.28. The van der Waals surface area contributed by atoms with Crippen LogP contribution in [0.2, 0.25) is 0 Å². The van der Waals surface area contributed by atoms with Crippen LogP contribution in [0.1, 0.15) is 86.1 Å². The van der Waals surface area contributed by atoms with Crippen molar-refractivity contribution in [2.75, 3.05) is 0 Å². The second-order valence-electron chi connectivity index (χ2n) is 16.7. The van der Waals surface area contributed by atoms with E-state index in [1.54, 1.807) is 12.1 Å². The van der Waals surface area contributed by atoms with Crippen LogP contribution in [0.4, 0.5) is 0 Å². The van der Waals surface area contributed by atoms with Crippen molar-refractivity contribution in [3.05, 3.63) is 176 Å². The third kappa shape index (κ3) is 4.50. The molecule has 0 fully saturated rings. The molecule has 0 radical (unpaired) electrons. The molecule has 0 saturated carbocycles. The molecule has 4 aliphatic rings. The molecule has 0 spiro atoms. The van der Waals surface area contributed by atoms with E-state index < -0.39 is 20.6 Å². The maximum atomic E-state index is 14.4. The van der Waals surface area contributed by atoms with E-state index in [-0.39, 0.29) is 10.8 Å². The van der Waals surface area contributed by atoms with Gasteiger partial charge in [0.1, 0.15) is 0 Å². The van der Waals surface area contributed by atoms with E-state index in [2.05, 4.69) is 120 Å². The number of hydrogen-bond donors (Lipinski definition) is 0. The fourth-order valence-corrected chi connectivity index (χ4v) is 12.2. The molecule has 0 amide bonds. The van der Waals surface area contributed by atoms with Crippen LogP contribution in [0.25, 0.3) is 42.9 Å². The Bertz CT molecular complexity index is 3000. The predicted octanol–water partition coefficient (Wildman–Crippen LogP) is 9.51. The minimum atomic E-state index is -3.77. The Kier molecular flexibility index (Phi) is 6.60. The van der Waals surface area contributed by atoms with Crippen molar-refractivity contribution < 1.29 is 12.6 Å². The molecular weight excluding hydrogens is 689 g/mol. The first kappa shape index (κ1) is 32.5. The summed E-state index contributed by atoms with van der Waals surface area (Å²) in [6, 6.07) is 41.5. The molecule has 260 valence electrons. The largest absolute Gasteiger partial charge is 0.249 e. The van der Waals surface area contributed by atoms with Crippen molar-refractivity contribution in [1.82, 2.24) is 0 Å². The van der Waals surface area contributed by atoms with Gasteiger partial charge in [-0.2, -0.15) is 0 Å². The van der Waals surface area contributed by atoms with Crippen LogP contribution < -0.4 is 10.4 Å². The summed E-state index contributed by atoms with van der Waals surface area (Å²) < 4.78 is 43.2. The highest BCUT2D eigenvalue weighted by Crippen LogP contribution is 2.53. The maximum Gasteiger partial charge on any atom is 0.208 e. The van der Waals surface area contributed by atoms with Gasteiger partial charge in [0.05, 0.1) is 30.4 Å². The second kappa shape index (κ2) is 10.7. The van der Waals surface area contributed by atoms with Gasteiger partial charge in [0.2, 0.25) is 9.84 Å². The Morgan fingerprint density at radius 3 is 1.57 bits per heavy atom. The van der Waals surface area contributed by atoms with E-state index in [0.29, 0.717) is 9.80 Å². The first-order valence-corrected chi connectivity index (χ1v) is 20.8. The maximum absolute atomic E-state index is 14.4. The molecule has 2 aliphatic heterocycles. The molecule has 0 aromatic heterocycles. The molecule has 3 nitrogen and oxygen atoms in total. The molecule has 10 rings (SSSR count). The lowest BCUT2D eigenvalue weighted by atomic mass is 9.85. The number of rotatable bonds is 2. The standard InChI is InChI=1S/C48H38O3S2/c1-47(2,3)31-19-15-27(16-20-31)41-35-23-30-26-38-36(24-29(30)25-37(35)45-43(41)33-11-7-9-13-39(33)52(45)49)42(28-17-21-32(22-18-28)48(4,5)6)44-34-12-8-10-14-40(34)53(50,51)46(38)44/h7-26H,1-6H3. The van der Waals surface area contributed by atoms with Gasteiger partial charge in [-0.3, -0.25) is 0 Å². The fourth-order valence-electron chi connectivity index (χ4n) is 8.73. The summed E-state index contributed by atoms with van der Waals surface area (Å²) in [5.41, 5.74) is 11.8. The van der Waals surface area contributed by atoms with Crippen molar-refractivity contribution in [3.63, 3.8) is 0 Å². The van der Waals surface area contributed by atoms with Gasteiger partial charge in [-0.25, -0.2) is 12.6 Å². The minimum Gasteiger partial charge on any atom is -0.249 e. The third-order valence-electron chi connectivity index (χ3n) is 11.4. The van der Waals surface area contributed by atoms with E-state index >= 15 is 0 Å². The Hall–Kier alpha value is -5.10. The molecule has 6 aromatic rings. The van der Waals surface area contributed by atoms with Crippen molar-refractivity contribution >= 4 is 63.5 Å². The normalized spacial score (nSPS) is 18.0. The summed E-state index contributed by atoms with van der Waals surface area (Å²) in [6.07, 6.45) is 0. The zero-order chi connectivity index (χ0) is 36.8. The summed E-state index contributed by atoms with van der Waals surface area (Å²) >= 11 is 0. The summed E-state index contributed by atoms with van der Waals surface area (Å²) in [4.78, 5) is 2.46. The monoisotopic (exact) mass is 726 g/mol. The molecule has 53 heavy (non-hydrogen) atoms. The minimum absolute atomic E-state index is 0.0114. The highest BCUT2D eigenvalue weighted by Gasteiger charge is 2.43. The van der Waals surface area contributed by atoms with Gasteiger partial charge in [0, 0.05) is 33.4 Å². The van der Waals surface area contributed by atoms with Crippen LogP contribution in [0.5, 0.6) is 0 Å². The Morgan fingerprint density at radius 2 is 0.981 bits per heavy atom. The molecule has 1 unspecified atom stereocenters. The van der Waals surface area contributed by atoms with Crippen LogP contribution in [0.15, 0.2) is 131 Å². The summed E-state index contributed by atoms with van der Waals surface area (Å²) in [5.74, 6) is 0. The number of sulfone groups is 1. The van der Waals surface area contributed by atoms with Crippen molar-refractivity contribution in [1.29, 1.82) is 0 Å². The third-order valence-corrected chi connectivity index (χ3v) is 14.9. The molecule has 0 N–H and O–H groups in total. The van der Waals surface area contributed by atoms with Gasteiger partial charge in [0.15, 0.2) is 0 Å². The molecular formula is C48H38O3S2. The first-order valence-electron chi connectivity index (χ1n) is 18.2. The van der Waals surface area contributed by atoms with Gasteiger partial charge in [0.25, 0.3) is 0 Å². The molecule has 2 aliphatic carbocycles. The predicted molar refractivity (Wildman–Crippen MR) is 219 cm³/mol. The lowest BCUT2D eigenvalue weighted by molar-refractivity contribution is 0.590. The zero-order valence-corrected chi connectivity index (χ0v) is 32.2. The van der Waals surface area contributed by atoms with Gasteiger partial charge >= 0.3 is 0 Å². The van der Waals surface area contributed by atoms with E-state index in [1.807, 2.05) is 30.3 Å². The van der Waals surface area contributed by atoms with E-state index in [0.717, 1.165) is 86.7 Å². The van der Waals surface area contributed by atoms with Crippen LogP contribution in [-0.4, -0.2) is 12.6 Å². The van der Waals surface area contributed by atoms with Crippen LogP contribution in [0, 0.1) is 0 Å². The Morgan fingerprint density at radius 1 is 0.491 bits per heavy atom. The number of allylic oxidation sites excluding steroid dienone is 2. The summed E-state index contributed by atoms with van der Waals surface area (Å²) in [6.45, 7) is 13.3. The van der Waals surface area contributed by atoms with Gasteiger partial charge in [-0.05, 0) is 102 Å². The molecule has 0 saturated heterocycles. The SMILES string of the molecule is CC(C)(C)c1ccc(C2=c3cc4cc5c(cc4cc3C3=C2c2ccccc2S3=O)=C(c2ccc(C(C)(C)C)cc2)C2=C5S(=O)(=O)c3ccccc32)cc1. The molecule has 5 heteroatoms. The second-order valence-corrected chi connectivity index (χ2v) is 20.0. The Labute approximate surface area is 313 Å². The van der Waals surface area contributed by atoms with E-state index in [9.17, 15) is 12.6 Å². The van der Waals surface area contributed by atoms with Crippen molar-refractivity contribution in [2.45, 2.75) is 62.2 Å². The number of hydrogen-bond acceptors (Lipinski definition) is 3. The van der Waals surface area contributed by atoms with Gasteiger partial charge in [-0.15, -0.1) is 0 Å². The van der Waals surface area contributed by atoms with Crippen LogP contribution >= 0.6 is 0 Å². The molecule has 6 aromatic carbocycles. The van der Waals surface area contributed by atoms with E-state index in [1.165, 1.54) is 11.1 Å². The van der Waals surface area contributed by atoms with Crippen molar-refractivity contribution in [3.8, 4) is 0 Å². The lowest BCUT2D eigenvalue weighted by Gasteiger charge is -2.19. The van der Waals surface area contributed by atoms with Crippen LogP contribution in [-0.2, 0) is 31.5 Å². The quantitative estimate of drug-likeness (QED) is 0.179. The number of benzene rings is 6. The van der Waals surface area contributed by atoms with Gasteiger partial charge < -0.3 is 0 Å². The smallest absolute Gasteiger partial charge is 0.208 e. The highest BCUT2D eigenvalue weighted by atomic mass is 32.2. The van der Waals surface area contributed by atoms with Crippen molar-refractivity contribution in [2.24, 2.45) is 0 Å². The average Bonchev–Trinajstić information content (AvgIpc) is 3.80. The lowest BCUT2D eigenvalue weighted by Crippen LogP contribution is -2.15. The number of fused-ring (bicyclic) bond motifs is 9. The molecule has 0 bridgehead atoms. The van der Waals surface area contributed by atoms with E-state index in [4.69, 9.17) is 0 Å². The topological polar surface area (TPSA) is 51.2 Å². The zero-order valence-electron chi connectivity index (χ0n) is 30.6. The average molecular weight is 727 g/mol. The highest BCUT2D eigenvalue weighted by molar-refractivity contribution is 8.01. The summed E-state index contributed by atoms with van der Waals surface area (Å²) in [5, 5.41) is 3.88. The summed E-state index contributed by atoms with van der Waals surface area (Å²) in [7, 11) is -5.11. The molecule has 2 heterocycles.